The fourth-order valence-electron chi connectivity index (χ4n) is 3.61. The summed E-state index contributed by atoms with van der Waals surface area (Å²) >= 11 is 0. The van der Waals surface area contributed by atoms with Crippen LogP contribution in [0.25, 0.3) is 11.0 Å². The minimum atomic E-state index is -4.47. The lowest BCUT2D eigenvalue weighted by Gasteiger charge is -2.31. The van der Waals surface area contributed by atoms with Gasteiger partial charge in [-0.25, -0.2) is 4.98 Å². The summed E-state index contributed by atoms with van der Waals surface area (Å²) in [5, 5.41) is 0. The number of likely N-dealkylation sites (tertiary alicyclic amines) is 1. The van der Waals surface area contributed by atoms with Gasteiger partial charge in [0.25, 0.3) is 11.9 Å². The van der Waals surface area contributed by atoms with Crippen LogP contribution < -0.4 is 4.74 Å². The number of carbonyl (C=O) groups excluding carboxylic acids is 1. The van der Waals surface area contributed by atoms with Gasteiger partial charge in [-0.2, -0.15) is 13.2 Å². The topological polar surface area (TPSA) is 71.4 Å². The molecule has 4 rings (SSSR count). The second kappa shape index (κ2) is 7.46. The molecule has 1 N–H and O–H groups in total. The predicted molar refractivity (Wildman–Crippen MR) is 98.9 cm³/mol. The van der Waals surface area contributed by atoms with Gasteiger partial charge in [-0.1, -0.05) is 0 Å². The summed E-state index contributed by atoms with van der Waals surface area (Å²) in [6, 6.07) is 7.27. The van der Waals surface area contributed by atoms with Crippen molar-refractivity contribution < 1.29 is 27.1 Å². The molecule has 0 bridgehead atoms. The van der Waals surface area contributed by atoms with E-state index in [4.69, 9.17) is 9.15 Å². The Hall–Kier alpha value is -2.97. The lowest BCUT2D eigenvalue weighted by molar-refractivity contribution is -0.140. The Kier molecular flexibility index (Phi) is 4.97. The molecule has 154 valence electrons. The molecule has 29 heavy (non-hydrogen) atoms. The molecule has 6 nitrogen and oxygen atoms in total. The molecule has 1 amide bonds. The number of piperidine rings is 1. The Morgan fingerprint density at radius 2 is 2.03 bits per heavy atom. The van der Waals surface area contributed by atoms with E-state index in [1.165, 1.54) is 6.07 Å². The zero-order valence-corrected chi connectivity index (χ0v) is 15.8. The highest BCUT2D eigenvalue weighted by molar-refractivity contribution is 5.91. The highest BCUT2D eigenvalue weighted by Crippen LogP contribution is 2.33. The van der Waals surface area contributed by atoms with Gasteiger partial charge < -0.3 is 19.0 Å². The van der Waals surface area contributed by atoms with Crippen molar-refractivity contribution in [1.82, 2.24) is 14.9 Å². The van der Waals surface area contributed by atoms with E-state index in [1.807, 2.05) is 6.92 Å². The zero-order valence-electron chi connectivity index (χ0n) is 15.8. The number of carbonyl (C=O) groups is 1. The summed E-state index contributed by atoms with van der Waals surface area (Å²) in [4.78, 5) is 21.2. The van der Waals surface area contributed by atoms with Crippen LogP contribution >= 0.6 is 0 Å². The van der Waals surface area contributed by atoms with Gasteiger partial charge in [0.15, 0.2) is 5.76 Å². The smallest absolute Gasteiger partial charge is 0.433 e. The molecule has 0 spiro atoms. The molecule has 9 heteroatoms. The minimum absolute atomic E-state index is 0.123. The fraction of sp³-hybridized carbons (Fsp3) is 0.400. The van der Waals surface area contributed by atoms with Crippen LogP contribution in [0.3, 0.4) is 0 Å². The number of aromatic amines is 1. The van der Waals surface area contributed by atoms with Crippen LogP contribution in [0, 0.1) is 0 Å². The molecule has 0 atom stereocenters. The molecule has 1 fully saturated rings. The molecule has 1 aliphatic heterocycles. The Morgan fingerprint density at radius 1 is 1.28 bits per heavy atom. The van der Waals surface area contributed by atoms with Gasteiger partial charge in [0.1, 0.15) is 5.69 Å². The largest absolute Gasteiger partial charge is 0.465 e. The van der Waals surface area contributed by atoms with E-state index >= 15 is 0 Å². The molecule has 1 saturated heterocycles. The number of nitrogens with zero attached hydrogens (tertiary/aromatic N) is 2. The van der Waals surface area contributed by atoms with E-state index in [0.717, 1.165) is 11.8 Å². The number of alkyl halides is 3. The zero-order chi connectivity index (χ0) is 20.6. The summed E-state index contributed by atoms with van der Waals surface area (Å²) in [5.74, 6) is 0.483. The molecule has 0 radical (unpaired) electrons. The number of rotatable bonds is 4. The van der Waals surface area contributed by atoms with Crippen LogP contribution in [0.5, 0.6) is 5.95 Å². The number of amides is 1. The number of pyridine rings is 1. The van der Waals surface area contributed by atoms with E-state index in [9.17, 15) is 18.0 Å². The van der Waals surface area contributed by atoms with Gasteiger partial charge in [-0.15, -0.1) is 0 Å². The Bertz CT molecular complexity index is 1020. The van der Waals surface area contributed by atoms with E-state index in [0.29, 0.717) is 49.5 Å². The van der Waals surface area contributed by atoms with Crippen molar-refractivity contribution in [3.63, 3.8) is 0 Å². The van der Waals surface area contributed by atoms with Crippen molar-refractivity contribution in [2.24, 2.45) is 0 Å². The van der Waals surface area contributed by atoms with Gasteiger partial charge >= 0.3 is 6.18 Å². The molecule has 0 unspecified atom stereocenters. The van der Waals surface area contributed by atoms with Crippen LogP contribution in [0.4, 0.5) is 13.2 Å². The van der Waals surface area contributed by atoms with Crippen LogP contribution in [0.2, 0.25) is 0 Å². The standard InChI is InChI=1S/C20H20F3N3O3/c1-2-28-18-6-4-16(29-18)19(27)26-9-7-12(8-10-26)14-11-15-13(24-14)3-5-17(25-15)20(21,22)23/h3-6,11-12,24H,2,7-10H2,1H3. The number of H-pyrrole nitrogens is 1. The third-order valence-electron chi connectivity index (χ3n) is 5.09. The van der Waals surface area contributed by atoms with E-state index in [2.05, 4.69) is 9.97 Å². The third-order valence-corrected chi connectivity index (χ3v) is 5.09. The number of halogens is 3. The molecule has 1 aliphatic rings. The Morgan fingerprint density at radius 3 is 2.72 bits per heavy atom. The van der Waals surface area contributed by atoms with Crippen molar-refractivity contribution in [1.29, 1.82) is 0 Å². The maximum atomic E-state index is 12.9. The lowest BCUT2D eigenvalue weighted by atomic mass is 9.93. The second-order valence-electron chi connectivity index (χ2n) is 6.97. The first kappa shape index (κ1) is 19.4. The fourth-order valence-corrected chi connectivity index (χ4v) is 3.61. The number of nitrogens with one attached hydrogen (secondary N) is 1. The van der Waals surface area contributed by atoms with Gasteiger partial charge in [0, 0.05) is 30.8 Å². The van der Waals surface area contributed by atoms with Crippen LogP contribution in [-0.2, 0) is 6.18 Å². The SMILES string of the molecule is CCOc1ccc(C(=O)N2CCC(c3cc4nc(C(F)(F)F)ccc4[nH]3)CC2)o1. The number of furan rings is 1. The number of fused-ring (bicyclic) bond motifs is 1. The number of hydrogen-bond donors (Lipinski definition) is 1. The van der Waals surface area contributed by atoms with Crippen molar-refractivity contribution >= 4 is 16.9 Å². The summed E-state index contributed by atoms with van der Waals surface area (Å²) in [7, 11) is 0. The van der Waals surface area contributed by atoms with Crippen LogP contribution in [0.1, 0.15) is 47.6 Å². The molecular weight excluding hydrogens is 387 g/mol. The normalized spacial score (nSPS) is 15.8. The molecule has 4 heterocycles. The monoisotopic (exact) mass is 407 g/mol. The molecule has 3 aromatic rings. The average Bonchev–Trinajstić information content (AvgIpc) is 3.33. The van der Waals surface area contributed by atoms with Crippen molar-refractivity contribution in [3.05, 3.63) is 47.5 Å². The summed E-state index contributed by atoms with van der Waals surface area (Å²) in [6.07, 6.45) is -3.07. The minimum Gasteiger partial charge on any atom is -0.465 e. The van der Waals surface area contributed by atoms with Crippen molar-refractivity contribution in [2.45, 2.75) is 31.9 Å². The summed E-state index contributed by atoms with van der Waals surface area (Å²) in [6.45, 7) is 3.35. The highest BCUT2D eigenvalue weighted by Gasteiger charge is 2.33. The van der Waals surface area contributed by atoms with Gasteiger partial charge in [0.2, 0.25) is 0 Å². The number of aromatic nitrogens is 2. The Balaban J connectivity index is 1.43. The molecular formula is C20H20F3N3O3. The van der Waals surface area contributed by atoms with Crippen molar-refractivity contribution in [2.75, 3.05) is 19.7 Å². The van der Waals surface area contributed by atoms with Crippen molar-refractivity contribution in [3.8, 4) is 5.95 Å². The van der Waals surface area contributed by atoms with Crippen LogP contribution in [0.15, 0.2) is 34.7 Å². The first-order chi connectivity index (χ1) is 13.8. The molecule has 0 aromatic carbocycles. The number of ether oxygens (including phenoxy) is 1. The average molecular weight is 407 g/mol. The summed E-state index contributed by atoms with van der Waals surface area (Å²) in [5.41, 5.74) is 0.814. The van der Waals surface area contributed by atoms with Crippen LogP contribution in [-0.4, -0.2) is 40.5 Å². The number of hydrogen-bond acceptors (Lipinski definition) is 4. The van der Waals surface area contributed by atoms with Gasteiger partial charge in [-0.3, -0.25) is 4.79 Å². The van der Waals surface area contributed by atoms with E-state index in [1.54, 1.807) is 23.1 Å². The first-order valence-corrected chi connectivity index (χ1v) is 9.44. The highest BCUT2D eigenvalue weighted by atomic mass is 19.4. The first-order valence-electron chi connectivity index (χ1n) is 9.44. The van der Waals surface area contributed by atoms with Gasteiger partial charge in [0.05, 0.1) is 17.6 Å². The molecule has 3 aromatic heterocycles. The lowest BCUT2D eigenvalue weighted by Crippen LogP contribution is -2.37. The Labute approximate surface area is 164 Å². The maximum absolute atomic E-state index is 12.9. The predicted octanol–water partition coefficient (Wildman–Crippen LogP) is 4.59. The summed E-state index contributed by atoms with van der Waals surface area (Å²) < 4.78 is 49.2. The van der Waals surface area contributed by atoms with E-state index < -0.39 is 11.9 Å². The molecule has 0 saturated carbocycles. The van der Waals surface area contributed by atoms with Gasteiger partial charge in [-0.05, 0) is 44.0 Å². The van der Waals surface area contributed by atoms with E-state index in [-0.39, 0.29) is 17.6 Å². The molecule has 0 aliphatic carbocycles. The second-order valence-corrected chi connectivity index (χ2v) is 6.97. The maximum Gasteiger partial charge on any atom is 0.433 e. The quantitative estimate of drug-likeness (QED) is 0.687. The third kappa shape index (κ3) is 3.94.